The predicted molar refractivity (Wildman–Crippen MR) is 102 cm³/mol. The fourth-order valence-corrected chi connectivity index (χ4v) is 4.11. The maximum Gasteiger partial charge on any atom is 0.221 e. The van der Waals surface area contributed by atoms with Crippen LogP contribution in [-0.4, -0.2) is 14.3 Å². The summed E-state index contributed by atoms with van der Waals surface area (Å²) in [4.78, 5) is 11.4. The van der Waals surface area contributed by atoms with E-state index in [2.05, 4.69) is 10.6 Å². The number of carbonyl (C=O) groups is 1. The molecule has 7 heteroatoms. The summed E-state index contributed by atoms with van der Waals surface area (Å²) < 4.78 is 31.7. The van der Waals surface area contributed by atoms with Gasteiger partial charge in [-0.05, 0) is 48.5 Å². The molecule has 1 heterocycles. The molecule has 0 bridgehead atoms. The van der Waals surface area contributed by atoms with Crippen molar-refractivity contribution in [2.45, 2.75) is 16.7 Å². The molecule has 0 saturated carbocycles. The number of para-hydroxylation sites is 2. The molecule has 4 rings (SSSR count). The topological polar surface area (TPSA) is 84.5 Å². The van der Waals surface area contributed by atoms with E-state index >= 15 is 0 Å². The Morgan fingerprint density at radius 3 is 2.30 bits per heavy atom. The van der Waals surface area contributed by atoms with Gasteiger partial charge in [-0.2, -0.15) is 0 Å². The van der Waals surface area contributed by atoms with Crippen molar-refractivity contribution in [2.24, 2.45) is 0 Å². The van der Waals surface area contributed by atoms with E-state index < -0.39 is 9.84 Å². The molecule has 0 spiro atoms. The summed E-state index contributed by atoms with van der Waals surface area (Å²) in [5.41, 5.74) is 2.07. The van der Waals surface area contributed by atoms with Gasteiger partial charge in [0.15, 0.2) is 11.5 Å². The minimum Gasteiger partial charge on any atom is -0.453 e. The summed E-state index contributed by atoms with van der Waals surface area (Å²) in [6, 6.07) is 18.2. The zero-order valence-corrected chi connectivity index (χ0v) is 15.2. The molecule has 1 aliphatic rings. The molecule has 136 valence electrons. The quantitative estimate of drug-likeness (QED) is 0.553. The standard InChI is InChI=1S/C20H16N2O4S/c1-13(23)21-14-6-8-15(9-7-14)27(24,25)16-10-11-18-20(12-16)26-19-5-3-2-4-17(19)22-18/h2-12,22H,1H3,(H,21,23). The van der Waals surface area contributed by atoms with Crippen LogP contribution in [0, 0.1) is 0 Å². The largest absolute Gasteiger partial charge is 0.453 e. The van der Waals surface area contributed by atoms with Crippen LogP contribution in [0.2, 0.25) is 0 Å². The van der Waals surface area contributed by atoms with Crippen molar-refractivity contribution < 1.29 is 17.9 Å². The number of fused-ring (bicyclic) bond motifs is 2. The Bertz CT molecular complexity index is 1140. The molecule has 0 aromatic heterocycles. The molecule has 0 saturated heterocycles. The molecule has 2 N–H and O–H groups in total. The number of benzene rings is 3. The van der Waals surface area contributed by atoms with E-state index in [1.165, 1.54) is 25.1 Å². The number of anilines is 3. The second-order valence-corrected chi connectivity index (χ2v) is 8.04. The second-order valence-electron chi connectivity index (χ2n) is 6.09. The lowest BCUT2D eigenvalue weighted by atomic mass is 10.2. The van der Waals surface area contributed by atoms with Crippen molar-refractivity contribution >= 4 is 32.8 Å². The molecule has 0 aliphatic carbocycles. The lowest BCUT2D eigenvalue weighted by molar-refractivity contribution is -0.114. The molecule has 1 amide bonds. The summed E-state index contributed by atoms with van der Waals surface area (Å²) in [6.07, 6.45) is 0. The van der Waals surface area contributed by atoms with Gasteiger partial charge >= 0.3 is 0 Å². The first-order chi connectivity index (χ1) is 12.9. The zero-order valence-electron chi connectivity index (χ0n) is 14.4. The highest BCUT2D eigenvalue weighted by atomic mass is 32.2. The van der Waals surface area contributed by atoms with Crippen molar-refractivity contribution in [2.75, 3.05) is 10.6 Å². The normalized spacial score (nSPS) is 12.2. The molecular formula is C20H16N2O4S. The number of amides is 1. The number of rotatable bonds is 3. The van der Waals surface area contributed by atoms with Gasteiger partial charge in [0, 0.05) is 18.7 Å². The Balaban J connectivity index is 1.66. The highest BCUT2D eigenvalue weighted by Gasteiger charge is 2.22. The summed E-state index contributed by atoms with van der Waals surface area (Å²) in [7, 11) is -3.72. The Labute approximate surface area is 156 Å². The highest BCUT2D eigenvalue weighted by molar-refractivity contribution is 7.91. The number of carbonyl (C=O) groups excluding carboxylic acids is 1. The van der Waals surface area contributed by atoms with Gasteiger partial charge in [-0.3, -0.25) is 4.79 Å². The number of ether oxygens (including phenoxy) is 1. The molecule has 0 fully saturated rings. The van der Waals surface area contributed by atoms with Crippen molar-refractivity contribution in [3.05, 3.63) is 66.7 Å². The Hall–Kier alpha value is -3.32. The van der Waals surface area contributed by atoms with Crippen LogP contribution in [-0.2, 0) is 14.6 Å². The smallest absolute Gasteiger partial charge is 0.221 e. The third kappa shape index (κ3) is 3.24. The van der Waals surface area contributed by atoms with E-state index in [1.807, 2.05) is 24.3 Å². The summed E-state index contributed by atoms with van der Waals surface area (Å²) in [5, 5.41) is 5.84. The van der Waals surface area contributed by atoms with Gasteiger partial charge in [-0.15, -0.1) is 0 Å². The summed E-state index contributed by atoms with van der Waals surface area (Å²) >= 11 is 0. The second kappa shape index (κ2) is 6.44. The zero-order chi connectivity index (χ0) is 19.0. The lowest BCUT2D eigenvalue weighted by Gasteiger charge is -2.22. The van der Waals surface area contributed by atoms with Gasteiger partial charge < -0.3 is 15.4 Å². The average Bonchev–Trinajstić information content (AvgIpc) is 2.66. The van der Waals surface area contributed by atoms with Crippen molar-refractivity contribution in [1.82, 2.24) is 0 Å². The van der Waals surface area contributed by atoms with Gasteiger partial charge in [0.2, 0.25) is 15.7 Å². The number of hydrogen-bond acceptors (Lipinski definition) is 5. The fourth-order valence-electron chi connectivity index (χ4n) is 2.84. The molecule has 0 unspecified atom stereocenters. The number of sulfone groups is 1. The Morgan fingerprint density at radius 2 is 1.56 bits per heavy atom. The number of hydrogen-bond donors (Lipinski definition) is 2. The number of nitrogens with one attached hydrogen (secondary N) is 2. The highest BCUT2D eigenvalue weighted by Crippen LogP contribution is 2.42. The van der Waals surface area contributed by atoms with Gasteiger partial charge in [-0.25, -0.2) is 8.42 Å². The van der Waals surface area contributed by atoms with Gasteiger partial charge in [0.1, 0.15) is 0 Å². The van der Waals surface area contributed by atoms with Crippen LogP contribution in [0.4, 0.5) is 17.1 Å². The van der Waals surface area contributed by atoms with E-state index in [-0.39, 0.29) is 15.7 Å². The van der Waals surface area contributed by atoms with Crippen LogP contribution in [0.15, 0.2) is 76.5 Å². The van der Waals surface area contributed by atoms with Crippen LogP contribution in [0.5, 0.6) is 11.5 Å². The SMILES string of the molecule is CC(=O)Nc1ccc(S(=O)(=O)c2ccc3c(c2)Oc2ccccc2N3)cc1. The molecular weight excluding hydrogens is 364 g/mol. The lowest BCUT2D eigenvalue weighted by Crippen LogP contribution is -2.07. The van der Waals surface area contributed by atoms with Crippen LogP contribution in [0.25, 0.3) is 0 Å². The molecule has 0 atom stereocenters. The first-order valence-corrected chi connectivity index (χ1v) is 9.72. The first-order valence-electron chi connectivity index (χ1n) is 8.24. The minimum atomic E-state index is -3.72. The van der Waals surface area contributed by atoms with Crippen molar-refractivity contribution in [1.29, 1.82) is 0 Å². The molecule has 3 aromatic carbocycles. The maximum absolute atomic E-state index is 12.9. The predicted octanol–water partition coefficient (Wildman–Crippen LogP) is 4.33. The van der Waals surface area contributed by atoms with Gasteiger partial charge in [0.25, 0.3) is 0 Å². The summed E-state index contributed by atoms with van der Waals surface area (Å²) in [6.45, 7) is 1.39. The molecule has 3 aromatic rings. The van der Waals surface area contributed by atoms with Crippen LogP contribution in [0.3, 0.4) is 0 Å². The summed E-state index contributed by atoms with van der Waals surface area (Å²) in [5.74, 6) is 0.870. The first kappa shape index (κ1) is 17.1. The van der Waals surface area contributed by atoms with Gasteiger partial charge in [0.05, 0.1) is 21.2 Å². The average molecular weight is 380 g/mol. The van der Waals surface area contributed by atoms with Gasteiger partial charge in [-0.1, -0.05) is 12.1 Å². The monoisotopic (exact) mass is 380 g/mol. The van der Waals surface area contributed by atoms with E-state index in [0.717, 1.165) is 5.69 Å². The van der Waals surface area contributed by atoms with Crippen LogP contribution in [0.1, 0.15) is 6.92 Å². The maximum atomic E-state index is 12.9. The Kier molecular flexibility index (Phi) is 4.08. The minimum absolute atomic E-state index is 0.134. The van der Waals surface area contributed by atoms with E-state index in [1.54, 1.807) is 24.3 Å². The molecule has 1 aliphatic heterocycles. The third-order valence-corrected chi connectivity index (χ3v) is 5.89. The van der Waals surface area contributed by atoms with E-state index in [4.69, 9.17) is 4.74 Å². The van der Waals surface area contributed by atoms with E-state index in [0.29, 0.717) is 22.9 Å². The van der Waals surface area contributed by atoms with E-state index in [9.17, 15) is 13.2 Å². The molecule has 0 radical (unpaired) electrons. The van der Waals surface area contributed by atoms with Crippen molar-refractivity contribution in [3.63, 3.8) is 0 Å². The molecule has 6 nitrogen and oxygen atoms in total. The van der Waals surface area contributed by atoms with Crippen molar-refractivity contribution in [3.8, 4) is 11.5 Å². The Morgan fingerprint density at radius 1 is 0.889 bits per heavy atom. The fraction of sp³-hybridized carbons (Fsp3) is 0.0500. The van der Waals surface area contributed by atoms with Crippen LogP contribution >= 0.6 is 0 Å². The third-order valence-electron chi connectivity index (χ3n) is 4.12. The molecule has 27 heavy (non-hydrogen) atoms. The van der Waals surface area contributed by atoms with Crippen LogP contribution < -0.4 is 15.4 Å².